The molecule has 0 bridgehead atoms. The molecule has 0 saturated carbocycles. The SMILES string of the molecule is COc1cnc(-c2c(Cl)cccc2Cl)nc1. The van der Waals surface area contributed by atoms with Crippen LogP contribution in [-0.4, -0.2) is 17.1 Å². The first-order chi connectivity index (χ1) is 7.72. The molecule has 0 spiro atoms. The largest absolute Gasteiger partial charge is 0.494 e. The lowest BCUT2D eigenvalue weighted by Gasteiger charge is -2.05. The van der Waals surface area contributed by atoms with E-state index in [-0.39, 0.29) is 0 Å². The van der Waals surface area contributed by atoms with Gasteiger partial charge in [0.2, 0.25) is 0 Å². The lowest BCUT2D eigenvalue weighted by molar-refractivity contribution is 0.411. The number of halogens is 2. The fraction of sp³-hybridized carbons (Fsp3) is 0.0909. The lowest BCUT2D eigenvalue weighted by Crippen LogP contribution is -1.92. The fourth-order valence-corrected chi connectivity index (χ4v) is 1.83. The van der Waals surface area contributed by atoms with E-state index in [9.17, 15) is 0 Å². The van der Waals surface area contributed by atoms with Gasteiger partial charge in [-0.25, -0.2) is 9.97 Å². The zero-order valence-electron chi connectivity index (χ0n) is 8.45. The average molecular weight is 255 g/mol. The quantitative estimate of drug-likeness (QED) is 0.824. The second kappa shape index (κ2) is 4.68. The van der Waals surface area contributed by atoms with Gasteiger partial charge in [-0.15, -0.1) is 0 Å². The van der Waals surface area contributed by atoms with Crippen LogP contribution >= 0.6 is 23.2 Å². The fourth-order valence-electron chi connectivity index (χ4n) is 1.26. The molecule has 0 aliphatic rings. The highest BCUT2D eigenvalue weighted by Gasteiger charge is 2.10. The summed E-state index contributed by atoms with van der Waals surface area (Å²) in [6.45, 7) is 0. The van der Waals surface area contributed by atoms with Crippen LogP contribution in [0.15, 0.2) is 30.6 Å². The van der Waals surface area contributed by atoms with Gasteiger partial charge in [0.1, 0.15) is 0 Å². The number of hydrogen-bond acceptors (Lipinski definition) is 3. The summed E-state index contributed by atoms with van der Waals surface area (Å²) in [4.78, 5) is 8.27. The van der Waals surface area contributed by atoms with Crippen molar-refractivity contribution in [2.45, 2.75) is 0 Å². The van der Waals surface area contributed by atoms with Crippen molar-refractivity contribution in [3.05, 3.63) is 40.6 Å². The maximum Gasteiger partial charge on any atom is 0.162 e. The Morgan fingerprint density at radius 1 is 1.06 bits per heavy atom. The van der Waals surface area contributed by atoms with E-state index in [1.165, 1.54) is 0 Å². The molecule has 2 rings (SSSR count). The van der Waals surface area contributed by atoms with Crippen molar-refractivity contribution in [2.24, 2.45) is 0 Å². The van der Waals surface area contributed by atoms with Gasteiger partial charge in [-0.2, -0.15) is 0 Å². The summed E-state index contributed by atoms with van der Waals surface area (Å²) >= 11 is 12.1. The van der Waals surface area contributed by atoms with E-state index in [2.05, 4.69) is 9.97 Å². The molecule has 5 heteroatoms. The summed E-state index contributed by atoms with van der Waals surface area (Å²) in [5.41, 5.74) is 0.633. The molecule has 1 aromatic carbocycles. The molecule has 0 saturated heterocycles. The monoisotopic (exact) mass is 254 g/mol. The summed E-state index contributed by atoms with van der Waals surface area (Å²) in [6, 6.07) is 5.27. The van der Waals surface area contributed by atoms with Crippen molar-refractivity contribution in [1.82, 2.24) is 9.97 Å². The molecule has 0 amide bonds. The molecule has 0 N–H and O–H groups in total. The highest BCUT2D eigenvalue weighted by molar-refractivity contribution is 6.38. The predicted octanol–water partition coefficient (Wildman–Crippen LogP) is 3.46. The Hall–Kier alpha value is -1.32. The maximum absolute atomic E-state index is 6.04. The molecule has 0 unspecified atom stereocenters. The molecular weight excluding hydrogens is 247 g/mol. The van der Waals surface area contributed by atoms with Crippen molar-refractivity contribution >= 4 is 23.2 Å². The van der Waals surface area contributed by atoms with Crippen LogP contribution in [0.2, 0.25) is 10.0 Å². The molecule has 1 heterocycles. The van der Waals surface area contributed by atoms with E-state index < -0.39 is 0 Å². The molecule has 0 fully saturated rings. The number of aromatic nitrogens is 2. The summed E-state index contributed by atoms with van der Waals surface area (Å²) in [5, 5.41) is 1.05. The van der Waals surface area contributed by atoms with E-state index in [1.807, 2.05) is 0 Å². The van der Waals surface area contributed by atoms with Crippen LogP contribution in [0.3, 0.4) is 0 Å². The minimum Gasteiger partial charge on any atom is -0.494 e. The lowest BCUT2D eigenvalue weighted by atomic mass is 10.2. The summed E-state index contributed by atoms with van der Waals surface area (Å²) < 4.78 is 4.97. The Labute approximate surface area is 103 Å². The van der Waals surface area contributed by atoms with E-state index in [0.717, 1.165) is 0 Å². The van der Waals surface area contributed by atoms with Crippen LogP contribution in [0.1, 0.15) is 0 Å². The van der Waals surface area contributed by atoms with Crippen LogP contribution in [0, 0.1) is 0 Å². The summed E-state index contributed by atoms with van der Waals surface area (Å²) in [7, 11) is 1.56. The van der Waals surface area contributed by atoms with Crippen LogP contribution in [0.5, 0.6) is 5.75 Å². The van der Waals surface area contributed by atoms with Crippen LogP contribution in [-0.2, 0) is 0 Å². The topological polar surface area (TPSA) is 35.0 Å². The maximum atomic E-state index is 6.04. The molecule has 2 aromatic rings. The van der Waals surface area contributed by atoms with Crippen LogP contribution in [0.25, 0.3) is 11.4 Å². The van der Waals surface area contributed by atoms with Gasteiger partial charge in [0.05, 0.1) is 35.1 Å². The number of rotatable bonds is 2. The Morgan fingerprint density at radius 2 is 1.62 bits per heavy atom. The van der Waals surface area contributed by atoms with Crippen LogP contribution < -0.4 is 4.74 Å². The smallest absolute Gasteiger partial charge is 0.162 e. The average Bonchev–Trinajstić information content (AvgIpc) is 2.30. The molecular formula is C11H8Cl2N2O. The highest BCUT2D eigenvalue weighted by Crippen LogP contribution is 2.32. The third-order valence-corrected chi connectivity index (χ3v) is 2.68. The number of methoxy groups -OCH3 is 1. The molecule has 3 nitrogen and oxygen atoms in total. The number of benzene rings is 1. The first-order valence-corrected chi connectivity index (χ1v) is 5.28. The van der Waals surface area contributed by atoms with Crippen LogP contribution in [0.4, 0.5) is 0 Å². The minimum absolute atomic E-state index is 0.483. The second-order valence-electron chi connectivity index (χ2n) is 3.04. The predicted molar refractivity (Wildman–Crippen MR) is 64.0 cm³/mol. The molecule has 0 atom stereocenters. The molecule has 0 aliphatic carbocycles. The first-order valence-electron chi connectivity index (χ1n) is 4.53. The second-order valence-corrected chi connectivity index (χ2v) is 3.86. The van der Waals surface area contributed by atoms with E-state index in [1.54, 1.807) is 37.7 Å². The minimum atomic E-state index is 0.483. The standard InChI is InChI=1S/C11H8Cl2N2O/c1-16-7-5-14-11(15-6-7)10-8(12)3-2-4-9(10)13/h2-6H,1H3. The first kappa shape index (κ1) is 11.2. The molecule has 82 valence electrons. The van der Waals surface area contributed by atoms with Crippen molar-refractivity contribution in [3.8, 4) is 17.1 Å². The Bertz CT molecular complexity index is 480. The van der Waals surface area contributed by atoms with E-state index in [4.69, 9.17) is 27.9 Å². The van der Waals surface area contributed by atoms with Gasteiger partial charge >= 0.3 is 0 Å². The Balaban J connectivity index is 2.50. The third kappa shape index (κ3) is 2.10. The van der Waals surface area contributed by atoms with Gasteiger partial charge in [-0.1, -0.05) is 29.3 Å². The van der Waals surface area contributed by atoms with Crippen molar-refractivity contribution in [1.29, 1.82) is 0 Å². The molecule has 1 aromatic heterocycles. The van der Waals surface area contributed by atoms with Gasteiger partial charge in [0.25, 0.3) is 0 Å². The van der Waals surface area contributed by atoms with Crippen molar-refractivity contribution in [2.75, 3.05) is 7.11 Å². The Morgan fingerprint density at radius 3 is 2.12 bits per heavy atom. The highest BCUT2D eigenvalue weighted by atomic mass is 35.5. The third-order valence-electron chi connectivity index (χ3n) is 2.05. The van der Waals surface area contributed by atoms with Gasteiger partial charge in [0, 0.05) is 0 Å². The van der Waals surface area contributed by atoms with Gasteiger partial charge in [0.15, 0.2) is 11.6 Å². The van der Waals surface area contributed by atoms with Crippen molar-refractivity contribution in [3.63, 3.8) is 0 Å². The van der Waals surface area contributed by atoms with Gasteiger partial charge < -0.3 is 4.74 Å². The van der Waals surface area contributed by atoms with Gasteiger partial charge in [-0.05, 0) is 12.1 Å². The zero-order valence-corrected chi connectivity index (χ0v) is 9.96. The molecule has 16 heavy (non-hydrogen) atoms. The molecule has 0 radical (unpaired) electrons. The zero-order chi connectivity index (χ0) is 11.5. The van der Waals surface area contributed by atoms with Crippen molar-refractivity contribution < 1.29 is 4.74 Å². The number of hydrogen-bond donors (Lipinski definition) is 0. The summed E-state index contributed by atoms with van der Waals surface area (Å²) in [5.74, 6) is 1.07. The number of ether oxygens (including phenoxy) is 1. The van der Waals surface area contributed by atoms with E-state index >= 15 is 0 Å². The normalized spacial score (nSPS) is 10.2. The Kier molecular flexibility index (Phi) is 3.27. The van der Waals surface area contributed by atoms with Gasteiger partial charge in [-0.3, -0.25) is 0 Å². The molecule has 0 aliphatic heterocycles. The van der Waals surface area contributed by atoms with E-state index in [0.29, 0.717) is 27.2 Å². The summed E-state index contributed by atoms with van der Waals surface area (Å²) in [6.07, 6.45) is 3.14. The number of nitrogens with zero attached hydrogens (tertiary/aromatic N) is 2.